The number of nitro benzene ring substituents is 1. The van der Waals surface area contributed by atoms with E-state index in [0.717, 1.165) is 0 Å². The summed E-state index contributed by atoms with van der Waals surface area (Å²) in [5, 5.41) is 12.7. The van der Waals surface area contributed by atoms with Crippen LogP contribution in [0.3, 0.4) is 0 Å². The standard InChI is InChI=1S/C11H10F2N2O4/c12-11(13)5-7(6-11)14-10(16)19-9-3-1-8(2-4-9)15(17)18/h1-4,7H,5-6H2,(H,14,16). The van der Waals surface area contributed by atoms with Crippen molar-refractivity contribution in [3.63, 3.8) is 0 Å². The Kier molecular flexibility index (Phi) is 3.32. The first kappa shape index (κ1) is 13.2. The maximum absolute atomic E-state index is 12.5. The van der Waals surface area contributed by atoms with Crippen molar-refractivity contribution < 1.29 is 23.2 Å². The average molecular weight is 272 g/mol. The lowest BCUT2D eigenvalue weighted by Crippen LogP contribution is -2.51. The number of halogens is 2. The van der Waals surface area contributed by atoms with Crippen LogP contribution < -0.4 is 10.1 Å². The van der Waals surface area contributed by atoms with E-state index in [0.29, 0.717) is 0 Å². The van der Waals surface area contributed by atoms with E-state index in [4.69, 9.17) is 4.74 Å². The molecule has 6 nitrogen and oxygen atoms in total. The molecule has 0 radical (unpaired) electrons. The van der Waals surface area contributed by atoms with E-state index < -0.39 is 35.8 Å². The van der Waals surface area contributed by atoms with Gasteiger partial charge in [-0.05, 0) is 12.1 Å². The first-order valence-electron chi connectivity index (χ1n) is 5.46. The number of carbonyl (C=O) groups excluding carboxylic acids is 1. The molecule has 1 aromatic carbocycles. The molecular weight excluding hydrogens is 262 g/mol. The van der Waals surface area contributed by atoms with Crippen LogP contribution in [-0.4, -0.2) is 23.0 Å². The predicted molar refractivity (Wildman–Crippen MR) is 60.2 cm³/mol. The fourth-order valence-electron chi connectivity index (χ4n) is 1.70. The van der Waals surface area contributed by atoms with Crippen LogP contribution in [0.1, 0.15) is 12.8 Å². The molecule has 1 aromatic rings. The highest BCUT2D eigenvalue weighted by Gasteiger charge is 2.46. The molecule has 0 saturated heterocycles. The minimum atomic E-state index is -2.72. The topological polar surface area (TPSA) is 81.5 Å². The van der Waals surface area contributed by atoms with Crippen molar-refractivity contribution in [1.29, 1.82) is 0 Å². The van der Waals surface area contributed by atoms with Crippen molar-refractivity contribution in [1.82, 2.24) is 5.32 Å². The first-order chi connectivity index (χ1) is 8.85. The molecule has 1 saturated carbocycles. The van der Waals surface area contributed by atoms with Gasteiger partial charge in [-0.3, -0.25) is 10.1 Å². The summed E-state index contributed by atoms with van der Waals surface area (Å²) >= 11 is 0. The number of hydrogen-bond donors (Lipinski definition) is 1. The Morgan fingerprint density at radius 2 is 1.95 bits per heavy atom. The van der Waals surface area contributed by atoms with Gasteiger partial charge in [0, 0.05) is 31.0 Å². The van der Waals surface area contributed by atoms with Gasteiger partial charge in [0.05, 0.1) is 4.92 Å². The van der Waals surface area contributed by atoms with Gasteiger partial charge in [-0.1, -0.05) is 0 Å². The lowest BCUT2D eigenvalue weighted by molar-refractivity contribution is -0.384. The summed E-state index contributed by atoms with van der Waals surface area (Å²) in [6, 6.07) is 4.28. The van der Waals surface area contributed by atoms with Crippen molar-refractivity contribution in [2.75, 3.05) is 0 Å². The van der Waals surface area contributed by atoms with Gasteiger partial charge in [0.2, 0.25) is 0 Å². The Morgan fingerprint density at radius 1 is 1.37 bits per heavy atom. The lowest BCUT2D eigenvalue weighted by atomic mass is 9.88. The molecule has 0 atom stereocenters. The van der Waals surface area contributed by atoms with Crippen molar-refractivity contribution in [2.24, 2.45) is 0 Å². The molecule has 2 rings (SSSR count). The predicted octanol–water partition coefficient (Wildman–Crippen LogP) is 2.48. The normalized spacial score (nSPS) is 17.4. The SMILES string of the molecule is O=C(NC1CC(F)(F)C1)Oc1ccc([N+](=O)[O-])cc1. The minimum Gasteiger partial charge on any atom is -0.410 e. The molecule has 1 aliphatic carbocycles. The lowest BCUT2D eigenvalue weighted by Gasteiger charge is -2.34. The highest BCUT2D eigenvalue weighted by atomic mass is 19.3. The fraction of sp³-hybridized carbons (Fsp3) is 0.364. The molecule has 1 fully saturated rings. The van der Waals surface area contributed by atoms with Gasteiger partial charge in [-0.2, -0.15) is 0 Å². The number of non-ortho nitro benzene ring substituents is 1. The number of hydrogen-bond acceptors (Lipinski definition) is 4. The summed E-state index contributed by atoms with van der Waals surface area (Å²) in [5.74, 6) is -2.61. The number of alkyl halides is 2. The summed E-state index contributed by atoms with van der Waals surface area (Å²) in [7, 11) is 0. The maximum Gasteiger partial charge on any atom is 0.412 e. The molecule has 0 aromatic heterocycles. The third-order valence-corrected chi connectivity index (χ3v) is 2.67. The van der Waals surface area contributed by atoms with Crippen LogP contribution >= 0.6 is 0 Å². The smallest absolute Gasteiger partial charge is 0.410 e. The Balaban J connectivity index is 1.84. The molecule has 102 valence electrons. The largest absolute Gasteiger partial charge is 0.412 e. The monoisotopic (exact) mass is 272 g/mol. The molecule has 0 unspecified atom stereocenters. The zero-order valence-corrected chi connectivity index (χ0v) is 9.64. The van der Waals surface area contributed by atoms with Crippen LogP contribution in [0.2, 0.25) is 0 Å². The summed E-state index contributed by atoms with van der Waals surface area (Å²) in [6.07, 6.45) is -1.65. The molecule has 0 heterocycles. The Hall–Kier alpha value is -2.25. The second-order valence-corrected chi connectivity index (χ2v) is 4.25. The number of rotatable bonds is 3. The molecule has 0 bridgehead atoms. The molecule has 1 N–H and O–H groups in total. The molecule has 0 aliphatic heterocycles. The zero-order chi connectivity index (χ0) is 14.0. The van der Waals surface area contributed by atoms with Gasteiger partial charge in [-0.15, -0.1) is 0 Å². The van der Waals surface area contributed by atoms with Gasteiger partial charge in [0.25, 0.3) is 11.6 Å². The second-order valence-electron chi connectivity index (χ2n) is 4.25. The number of ether oxygens (including phenoxy) is 1. The fourth-order valence-corrected chi connectivity index (χ4v) is 1.70. The molecule has 1 amide bonds. The van der Waals surface area contributed by atoms with Crippen molar-refractivity contribution in [3.05, 3.63) is 34.4 Å². The molecule has 0 spiro atoms. The molecule has 1 aliphatic rings. The number of nitro groups is 1. The van der Waals surface area contributed by atoms with Crippen LogP contribution in [0, 0.1) is 10.1 Å². The van der Waals surface area contributed by atoms with Crippen molar-refractivity contribution >= 4 is 11.8 Å². The minimum absolute atomic E-state index is 0.106. The van der Waals surface area contributed by atoms with E-state index in [9.17, 15) is 23.7 Å². The van der Waals surface area contributed by atoms with Gasteiger partial charge in [0.15, 0.2) is 0 Å². The van der Waals surface area contributed by atoms with E-state index in [1.54, 1.807) is 0 Å². The Morgan fingerprint density at radius 3 is 2.42 bits per heavy atom. The summed E-state index contributed by atoms with van der Waals surface area (Å²) in [6.45, 7) is 0. The van der Waals surface area contributed by atoms with E-state index in [1.165, 1.54) is 24.3 Å². The van der Waals surface area contributed by atoms with Crippen LogP contribution in [-0.2, 0) is 0 Å². The average Bonchev–Trinajstić information content (AvgIpc) is 2.27. The summed E-state index contributed by atoms with van der Waals surface area (Å²) in [4.78, 5) is 21.2. The Bertz CT molecular complexity index is 496. The number of nitrogens with one attached hydrogen (secondary N) is 1. The van der Waals surface area contributed by atoms with Gasteiger partial charge >= 0.3 is 6.09 Å². The molecular formula is C11H10F2N2O4. The number of amides is 1. The van der Waals surface area contributed by atoms with Crippen molar-refractivity contribution in [3.8, 4) is 5.75 Å². The van der Waals surface area contributed by atoms with Gasteiger partial charge < -0.3 is 10.1 Å². The second kappa shape index (κ2) is 4.79. The van der Waals surface area contributed by atoms with Crippen LogP contribution in [0.25, 0.3) is 0 Å². The highest BCUT2D eigenvalue weighted by molar-refractivity contribution is 5.71. The first-order valence-corrected chi connectivity index (χ1v) is 5.46. The third-order valence-electron chi connectivity index (χ3n) is 2.67. The van der Waals surface area contributed by atoms with E-state index in [-0.39, 0.29) is 11.4 Å². The Labute approximate surface area is 106 Å². The maximum atomic E-state index is 12.5. The quantitative estimate of drug-likeness (QED) is 0.677. The zero-order valence-electron chi connectivity index (χ0n) is 9.64. The third kappa shape index (κ3) is 3.36. The van der Waals surface area contributed by atoms with E-state index in [2.05, 4.69) is 5.32 Å². The van der Waals surface area contributed by atoms with Crippen LogP contribution in [0.15, 0.2) is 24.3 Å². The van der Waals surface area contributed by atoms with Crippen LogP contribution in [0.5, 0.6) is 5.75 Å². The van der Waals surface area contributed by atoms with Crippen LogP contribution in [0.4, 0.5) is 19.3 Å². The number of benzene rings is 1. The summed E-state index contributed by atoms with van der Waals surface area (Å²) in [5.41, 5.74) is -0.133. The van der Waals surface area contributed by atoms with E-state index in [1.807, 2.05) is 0 Å². The molecule has 19 heavy (non-hydrogen) atoms. The van der Waals surface area contributed by atoms with E-state index >= 15 is 0 Å². The summed E-state index contributed by atoms with van der Waals surface area (Å²) < 4.78 is 29.9. The molecule has 8 heteroatoms. The van der Waals surface area contributed by atoms with Crippen molar-refractivity contribution in [2.45, 2.75) is 24.8 Å². The number of nitrogens with zero attached hydrogens (tertiary/aromatic N) is 1. The number of carbonyl (C=O) groups is 1. The highest BCUT2D eigenvalue weighted by Crippen LogP contribution is 2.37. The van der Waals surface area contributed by atoms with Gasteiger partial charge in [0.1, 0.15) is 5.75 Å². The van der Waals surface area contributed by atoms with Gasteiger partial charge in [-0.25, -0.2) is 13.6 Å².